The van der Waals surface area contributed by atoms with Crippen molar-refractivity contribution in [1.29, 1.82) is 0 Å². The minimum atomic E-state index is 0.667. The van der Waals surface area contributed by atoms with Crippen molar-refractivity contribution < 1.29 is 4.74 Å². The standard InChI is InChI=1S/C16H28N4O/c1-13(2)7-10-21-11-9-19-16(17-4)20-12-15-14(3)6-5-8-18-15/h5-6,8,13H,7,9-12H2,1-4H3,(H2,17,19,20). The smallest absolute Gasteiger partial charge is 0.191 e. The number of rotatable bonds is 8. The van der Waals surface area contributed by atoms with Crippen LogP contribution in [0.4, 0.5) is 0 Å². The number of aromatic nitrogens is 1. The molecule has 1 heterocycles. The Morgan fingerprint density at radius 2 is 2.14 bits per heavy atom. The van der Waals surface area contributed by atoms with E-state index in [1.165, 1.54) is 5.56 Å². The predicted octanol–water partition coefficient (Wildman–Crippen LogP) is 2.12. The van der Waals surface area contributed by atoms with Crippen molar-refractivity contribution in [2.75, 3.05) is 26.8 Å². The highest BCUT2D eigenvalue weighted by Gasteiger charge is 2.01. The molecule has 0 aliphatic rings. The molecule has 0 saturated heterocycles. The van der Waals surface area contributed by atoms with Gasteiger partial charge in [-0.3, -0.25) is 9.98 Å². The van der Waals surface area contributed by atoms with Gasteiger partial charge in [0.2, 0.25) is 0 Å². The molecule has 0 aliphatic carbocycles. The zero-order valence-corrected chi connectivity index (χ0v) is 13.6. The molecular formula is C16H28N4O. The van der Waals surface area contributed by atoms with E-state index in [-0.39, 0.29) is 0 Å². The summed E-state index contributed by atoms with van der Waals surface area (Å²) in [7, 11) is 1.76. The fraction of sp³-hybridized carbons (Fsp3) is 0.625. The maximum atomic E-state index is 5.56. The van der Waals surface area contributed by atoms with Crippen LogP contribution in [0.25, 0.3) is 0 Å². The Kier molecular flexibility index (Phi) is 8.43. The van der Waals surface area contributed by atoms with Gasteiger partial charge in [-0.1, -0.05) is 19.9 Å². The highest BCUT2D eigenvalue weighted by atomic mass is 16.5. The molecule has 0 bridgehead atoms. The summed E-state index contributed by atoms with van der Waals surface area (Å²) in [6.07, 6.45) is 2.91. The van der Waals surface area contributed by atoms with Crippen LogP contribution in [0.5, 0.6) is 0 Å². The quantitative estimate of drug-likeness (QED) is 0.438. The fourth-order valence-electron chi connectivity index (χ4n) is 1.75. The Morgan fingerprint density at radius 3 is 2.81 bits per heavy atom. The molecule has 5 heteroatoms. The number of ether oxygens (including phenoxy) is 1. The molecule has 0 unspecified atom stereocenters. The van der Waals surface area contributed by atoms with E-state index in [9.17, 15) is 0 Å². The number of aliphatic imine (C=N–C) groups is 1. The fourth-order valence-corrected chi connectivity index (χ4v) is 1.75. The van der Waals surface area contributed by atoms with Gasteiger partial charge in [-0.05, 0) is 30.9 Å². The third-order valence-electron chi connectivity index (χ3n) is 3.14. The Hall–Kier alpha value is -1.62. The Morgan fingerprint density at radius 1 is 1.33 bits per heavy atom. The number of hydrogen-bond donors (Lipinski definition) is 2. The lowest BCUT2D eigenvalue weighted by molar-refractivity contribution is 0.128. The maximum Gasteiger partial charge on any atom is 0.191 e. The molecule has 1 aromatic heterocycles. The van der Waals surface area contributed by atoms with E-state index in [2.05, 4.69) is 47.4 Å². The van der Waals surface area contributed by atoms with E-state index in [0.29, 0.717) is 19.1 Å². The summed E-state index contributed by atoms with van der Waals surface area (Å²) < 4.78 is 5.56. The SMILES string of the molecule is CN=C(NCCOCCC(C)C)NCc1ncccc1C. The van der Waals surface area contributed by atoms with Crippen LogP contribution in [0.2, 0.25) is 0 Å². The summed E-state index contributed by atoms with van der Waals surface area (Å²) in [5.74, 6) is 1.46. The largest absolute Gasteiger partial charge is 0.380 e. The first kappa shape index (κ1) is 17.4. The van der Waals surface area contributed by atoms with Gasteiger partial charge < -0.3 is 15.4 Å². The van der Waals surface area contributed by atoms with Crippen molar-refractivity contribution in [3.63, 3.8) is 0 Å². The molecule has 0 aliphatic heterocycles. The molecule has 0 saturated carbocycles. The molecule has 1 rings (SSSR count). The molecule has 2 N–H and O–H groups in total. The normalized spacial score (nSPS) is 11.8. The first-order valence-electron chi connectivity index (χ1n) is 7.56. The van der Waals surface area contributed by atoms with Crippen LogP contribution in [0.1, 0.15) is 31.5 Å². The average Bonchev–Trinajstić information content (AvgIpc) is 2.47. The summed E-state index contributed by atoms with van der Waals surface area (Å²) in [4.78, 5) is 8.54. The van der Waals surface area contributed by atoms with Gasteiger partial charge in [-0.2, -0.15) is 0 Å². The molecule has 0 fully saturated rings. The molecule has 21 heavy (non-hydrogen) atoms. The first-order valence-corrected chi connectivity index (χ1v) is 7.56. The second-order valence-electron chi connectivity index (χ2n) is 5.41. The highest BCUT2D eigenvalue weighted by Crippen LogP contribution is 2.02. The third kappa shape index (κ3) is 7.66. The second-order valence-corrected chi connectivity index (χ2v) is 5.41. The van der Waals surface area contributed by atoms with Crippen molar-refractivity contribution >= 4 is 5.96 Å². The van der Waals surface area contributed by atoms with E-state index in [0.717, 1.165) is 31.2 Å². The van der Waals surface area contributed by atoms with Crippen molar-refractivity contribution in [2.45, 2.75) is 33.7 Å². The summed E-state index contributed by atoms with van der Waals surface area (Å²) in [5.41, 5.74) is 2.21. The lowest BCUT2D eigenvalue weighted by Gasteiger charge is -2.13. The molecule has 0 amide bonds. The molecular weight excluding hydrogens is 264 g/mol. The summed E-state index contributed by atoms with van der Waals surface area (Å²) in [6, 6.07) is 4.00. The zero-order chi connectivity index (χ0) is 15.5. The van der Waals surface area contributed by atoms with Crippen LogP contribution >= 0.6 is 0 Å². The van der Waals surface area contributed by atoms with Gasteiger partial charge in [-0.15, -0.1) is 0 Å². The maximum absolute atomic E-state index is 5.56. The van der Waals surface area contributed by atoms with E-state index < -0.39 is 0 Å². The van der Waals surface area contributed by atoms with Gasteiger partial charge in [0, 0.05) is 26.4 Å². The molecule has 0 atom stereocenters. The summed E-state index contributed by atoms with van der Waals surface area (Å²) in [6.45, 7) is 9.39. The highest BCUT2D eigenvalue weighted by molar-refractivity contribution is 5.79. The van der Waals surface area contributed by atoms with Crippen molar-refractivity contribution in [3.05, 3.63) is 29.6 Å². The van der Waals surface area contributed by atoms with Gasteiger partial charge in [0.1, 0.15) is 0 Å². The molecule has 0 aromatic carbocycles. The van der Waals surface area contributed by atoms with E-state index in [1.807, 2.05) is 12.3 Å². The number of hydrogen-bond acceptors (Lipinski definition) is 3. The summed E-state index contributed by atoms with van der Waals surface area (Å²) in [5, 5.41) is 6.49. The predicted molar refractivity (Wildman–Crippen MR) is 87.4 cm³/mol. The Bertz CT molecular complexity index is 432. The lowest BCUT2D eigenvalue weighted by atomic mass is 10.1. The van der Waals surface area contributed by atoms with Crippen LogP contribution in [0.15, 0.2) is 23.3 Å². The Balaban J connectivity index is 2.19. The topological polar surface area (TPSA) is 58.5 Å². The number of nitrogens with one attached hydrogen (secondary N) is 2. The van der Waals surface area contributed by atoms with Gasteiger partial charge >= 0.3 is 0 Å². The van der Waals surface area contributed by atoms with Crippen LogP contribution < -0.4 is 10.6 Å². The minimum absolute atomic E-state index is 0.667. The van der Waals surface area contributed by atoms with Crippen LogP contribution in [-0.2, 0) is 11.3 Å². The number of guanidine groups is 1. The first-order chi connectivity index (χ1) is 10.1. The lowest BCUT2D eigenvalue weighted by Crippen LogP contribution is -2.38. The monoisotopic (exact) mass is 292 g/mol. The van der Waals surface area contributed by atoms with Gasteiger partial charge in [0.05, 0.1) is 18.8 Å². The van der Waals surface area contributed by atoms with Crippen molar-refractivity contribution in [1.82, 2.24) is 15.6 Å². The number of aryl methyl sites for hydroxylation is 1. The minimum Gasteiger partial charge on any atom is -0.380 e. The zero-order valence-electron chi connectivity index (χ0n) is 13.6. The molecule has 0 radical (unpaired) electrons. The molecule has 118 valence electrons. The average molecular weight is 292 g/mol. The number of nitrogens with zero attached hydrogens (tertiary/aromatic N) is 2. The summed E-state index contributed by atoms with van der Waals surface area (Å²) >= 11 is 0. The van der Waals surface area contributed by atoms with Gasteiger partial charge in [-0.25, -0.2) is 0 Å². The van der Waals surface area contributed by atoms with Gasteiger partial charge in [0.15, 0.2) is 5.96 Å². The molecule has 1 aromatic rings. The van der Waals surface area contributed by atoms with Crippen LogP contribution in [0, 0.1) is 12.8 Å². The Labute approximate surface area is 128 Å². The van der Waals surface area contributed by atoms with E-state index >= 15 is 0 Å². The van der Waals surface area contributed by atoms with Crippen LogP contribution in [-0.4, -0.2) is 37.7 Å². The van der Waals surface area contributed by atoms with Crippen molar-refractivity contribution in [2.24, 2.45) is 10.9 Å². The van der Waals surface area contributed by atoms with Crippen molar-refractivity contribution in [3.8, 4) is 0 Å². The van der Waals surface area contributed by atoms with E-state index in [1.54, 1.807) is 7.05 Å². The third-order valence-corrected chi connectivity index (χ3v) is 3.14. The molecule has 0 spiro atoms. The van der Waals surface area contributed by atoms with Gasteiger partial charge in [0.25, 0.3) is 0 Å². The van der Waals surface area contributed by atoms with Crippen LogP contribution in [0.3, 0.4) is 0 Å². The van der Waals surface area contributed by atoms with E-state index in [4.69, 9.17) is 4.74 Å². The second kappa shape index (κ2) is 10.2. The number of pyridine rings is 1. The molecule has 5 nitrogen and oxygen atoms in total.